The normalized spacial score (nSPS) is 18.4. The lowest BCUT2D eigenvalue weighted by atomic mass is 9.88. The van der Waals surface area contributed by atoms with Crippen molar-refractivity contribution in [1.82, 2.24) is 24.3 Å². The first-order valence-electron chi connectivity index (χ1n) is 12.3. The van der Waals surface area contributed by atoms with Gasteiger partial charge >= 0.3 is 5.97 Å². The number of aromatic nitrogens is 4. The molecule has 192 valence electrons. The Labute approximate surface area is 212 Å². The Bertz CT molecular complexity index is 1340. The molecule has 1 aliphatic heterocycles. The van der Waals surface area contributed by atoms with E-state index >= 15 is 0 Å². The summed E-state index contributed by atoms with van der Waals surface area (Å²) in [6.07, 6.45) is 6.85. The van der Waals surface area contributed by atoms with E-state index in [4.69, 9.17) is 0 Å². The Hall–Kier alpha value is -3.11. The fourth-order valence-corrected chi connectivity index (χ4v) is 6.53. The monoisotopic (exact) mass is 511 g/mol. The fourth-order valence-electron chi connectivity index (χ4n) is 4.82. The summed E-state index contributed by atoms with van der Waals surface area (Å²) in [6.45, 7) is 7.36. The van der Waals surface area contributed by atoms with Gasteiger partial charge in [-0.25, -0.2) is 8.42 Å². The van der Waals surface area contributed by atoms with Gasteiger partial charge in [0.1, 0.15) is 4.90 Å². The number of nitrogens with zero attached hydrogens (tertiary/aromatic N) is 5. The Morgan fingerprint density at radius 2 is 2.08 bits per heavy atom. The number of rotatable bonds is 9. The molecule has 10 heteroatoms. The zero-order valence-corrected chi connectivity index (χ0v) is 21.8. The molecule has 0 aliphatic carbocycles. The van der Waals surface area contributed by atoms with Gasteiger partial charge in [0.2, 0.25) is 10.0 Å². The summed E-state index contributed by atoms with van der Waals surface area (Å²) in [5.74, 6) is -0.936. The largest absolute Gasteiger partial charge is 0.481 e. The zero-order chi connectivity index (χ0) is 25.9. The van der Waals surface area contributed by atoms with Crippen LogP contribution in [0.4, 0.5) is 0 Å². The molecule has 1 N–H and O–H groups in total. The molecule has 1 aromatic carbocycles. The minimum Gasteiger partial charge on any atom is -0.481 e. The van der Waals surface area contributed by atoms with Crippen LogP contribution in [0.2, 0.25) is 0 Å². The van der Waals surface area contributed by atoms with Gasteiger partial charge in [-0.05, 0) is 73.3 Å². The minimum atomic E-state index is -3.71. The van der Waals surface area contributed by atoms with Gasteiger partial charge in [0.15, 0.2) is 0 Å². The molecule has 0 amide bonds. The van der Waals surface area contributed by atoms with Crippen molar-refractivity contribution in [2.75, 3.05) is 6.54 Å². The third-order valence-electron chi connectivity index (χ3n) is 6.84. The highest BCUT2D eigenvalue weighted by Gasteiger charge is 2.32. The quantitative estimate of drug-likeness (QED) is 0.466. The summed E-state index contributed by atoms with van der Waals surface area (Å²) in [6, 6.07) is 7.67. The molecule has 4 rings (SSSR count). The van der Waals surface area contributed by atoms with Crippen LogP contribution in [-0.4, -0.2) is 50.3 Å². The zero-order valence-electron chi connectivity index (χ0n) is 21.0. The molecule has 0 radical (unpaired) electrons. The Morgan fingerprint density at radius 3 is 2.81 bits per heavy atom. The Balaban J connectivity index is 1.60. The highest BCUT2D eigenvalue weighted by atomic mass is 32.2. The summed E-state index contributed by atoms with van der Waals surface area (Å²) >= 11 is 0. The molecule has 3 aromatic rings. The van der Waals surface area contributed by atoms with Crippen LogP contribution in [0, 0.1) is 12.8 Å². The van der Waals surface area contributed by atoms with Gasteiger partial charge in [-0.1, -0.05) is 30.3 Å². The van der Waals surface area contributed by atoms with Crippen molar-refractivity contribution in [3.8, 4) is 0 Å². The number of carboxylic acid groups (broad SMARTS) is 1. The lowest BCUT2D eigenvalue weighted by Crippen LogP contribution is -2.33. The van der Waals surface area contributed by atoms with E-state index < -0.39 is 16.0 Å². The molecule has 0 fully saturated rings. The molecule has 36 heavy (non-hydrogen) atoms. The summed E-state index contributed by atoms with van der Waals surface area (Å²) in [5, 5.41) is 17.8. The number of carbonyl (C=O) groups is 1. The third-order valence-corrected chi connectivity index (χ3v) is 8.72. The van der Waals surface area contributed by atoms with Crippen LogP contribution < -0.4 is 0 Å². The van der Waals surface area contributed by atoms with E-state index in [1.807, 2.05) is 38.2 Å². The number of pyridine rings is 1. The van der Waals surface area contributed by atoms with Crippen molar-refractivity contribution in [3.05, 3.63) is 70.8 Å². The number of aliphatic carboxylic acids is 1. The van der Waals surface area contributed by atoms with Crippen LogP contribution in [0.25, 0.3) is 0 Å². The number of sulfonamides is 1. The lowest BCUT2D eigenvalue weighted by molar-refractivity contribution is -0.137. The predicted octanol–water partition coefficient (Wildman–Crippen LogP) is 3.58. The van der Waals surface area contributed by atoms with Gasteiger partial charge in [0, 0.05) is 38.2 Å². The second kappa shape index (κ2) is 10.9. The lowest BCUT2D eigenvalue weighted by Gasteiger charge is -2.24. The second-order valence-electron chi connectivity index (χ2n) is 9.68. The van der Waals surface area contributed by atoms with Crippen molar-refractivity contribution in [1.29, 1.82) is 0 Å². The van der Waals surface area contributed by atoms with Gasteiger partial charge < -0.3 is 5.11 Å². The van der Waals surface area contributed by atoms with Gasteiger partial charge in [0.25, 0.3) is 0 Å². The van der Waals surface area contributed by atoms with Gasteiger partial charge in [-0.3, -0.25) is 14.5 Å². The average molecular weight is 512 g/mol. The third kappa shape index (κ3) is 5.82. The highest BCUT2D eigenvalue weighted by molar-refractivity contribution is 7.89. The van der Waals surface area contributed by atoms with Crippen LogP contribution >= 0.6 is 0 Å². The van der Waals surface area contributed by atoms with Crippen molar-refractivity contribution >= 4 is 16.0 Å². The summed E-state index contributed by atoms with van der Waals surface area (Å²) in [4.78, 5) is 16.0. The van der Waals surface area contributed by atoms with Crippen LogP contribution in [0.15, 0.2) is 47.8 Å². The van der Waals surface area contributed by atoms with Crippen molar-refractivity contribution in [2.45, 2.75) is 70.4 Å². The molecule has 0 bridgehead atoms. The van der Waals surface area contributed by atoms with Crippen LogP contribution in [0.3, 0.4) is 0 Å². The second-order valence-corrected chi connectivity index (χ2v) is 11.6. The number of fused-ring (bicyclic) bond motifs is 1. The molecule has 3 heterocycles. The minimum absolute atomic E-state index is 0.0114. The van der Waals surface area contributed by atoms with E-state index in [1.54, 1.807) is 16.9 Å². The van der Waals surface area contributed by atoms with Crippen LogP contribution in [-0.2, 0) is 40.7 Å². The number of aryl methyl sites for hydroxylation is 3. The molecule has 2 unspecified atom stereocenters. The van der Waals surface area contributed by atoms with Crippen molar-refractivity contribution < 1.29 is 18.3 Å². The van der Waals surface area contributed by atoms with Crippen LogP contribution in [0.5, 0.6) is 0 Å². The molecule has 9 nitrogen and oxygen atoms in total. The number of benzene rings is 1. The Morgan fingerprint density at radius 1 is 1.28 bits per heavy atom. The maximum absolute atomic E-state index is 13.5. The molecule has 1 aliphatic rings. The molecular weight excluding hydrogens is 478 g/mol. The highest BCUT2D eigenvalue weighted by Crippen LogP contribution is 2.31. The molecule has 0 spiro atoms. The van der Waals surface area contributed by atoms with Crippen molar-refractivity contribution in [2.24, 2.45) is 5.92 Å². The van der Waals surface area contributed by atoms with Gasteiger partial charge in [-0.2, -0.15) is 4.31 Å². The molecule has 0 saturated heterocycles. The van der Waals surface area contributed by atoms with Gasteiger partial charge in [0.05, 0.1) is 12.1 Å². The number of carboxylic acids is 1. The van der Waals surface area contributed by atoms with Crippen LogP contribution in [0.1, 0.15) is 60.6 Å². The van der Waals surface area contributed by atoms with E-state index in [1.165, 1.54) is 10.5 Å². The number of hydrogen-bond donors (Lipinski definition) is 1. The van der Waals surface area contributed by atoms with E-state index in [9.17, 15) is 18.3 Å². The van der Waals surface area contributed by atoms with E-state index in [0.717, 1.165) is 34.5 Å². The first-order valence-corrected chi connectivity index (χ1v) is 13.7. The smallest absolute Gasteiger partial charge is 0.303 e. The molecule has 2 atom stereocenters. The van der Waals surface area contributed by atoms with E-state index in [0.29, 0.717) is 25.8 Å². The summed E-state index contributed by atoms with van der Waals surface area (Å²) in [5.41, 5.74) is 4.37. The van der Waals surface area contributed by atoms with Gasteiger partial charge in [-0.15, -0.1) is 5.10 Å². The Kier molecular flexibility index (Phi) is 7.85. The summed E-state index contributed by atoms with van der Waals surface area (Å²) in [7, 11) is -3.71. The molecule has 0 saturated carbocycles. The SMILES string of the molecule is CCn1cc(CCC(CC(=O)O)c2ccc(C)c(CN3CC(C)Cc4ccncc4S3(=O)=O)c2)nn1. The predicted molar refractivity (Wildman–Crippen MR) is 135 cm³/mol. The van der Waals surface area contributed by atoms with E-state index in [-0.39, 0.29) is 29.7 Å². The fraction of sp³-hybridized carbons (Fsp3) is 0.462. The maximum Gasteiger partial charge on any atom is 0.303 e. The topological polar surface area (TPSA) is 118 Å². The molecular formula is C26H33N5O4S. The van der Waals surface area contributed by atoms with Crippen molar-refractivity contribution in [3.63, 3.8) is 0 Å². The standard InChI is InChI=1S/C26H33N5O4S/c1-4-30-17-24(28-29-30)8-7-21(13-26(32)33)20-6-5-19(3)23(12-20)16-31-15-18(2)11-22-9-10-27-14-25(22)36(31,34)35/h5-6,9-10,12,14,17-18,21H,4,7-8,11,13,15-16H2,1-3H3,(H,32,33). The average Bonchev–Trinajstić information content (AvgIpc) is 3.27. The first-order chi connectivity index (χ1) is 17.2. The number of hydrogen-bond acceptors (Lipinski definition) is 6. The van der Waals surface area contributed by atoms with E-state index in [2.05, 4.69) is 22.2 Å². The maximum atomic E-state index is 13.5. The first kappa shape index (κ1) is 26.0. The molecule has 2 aromatic heterocycles. The summed E-state index contributed by atoms with van der Waals surface area (Å²) < 4.78 is 30.3.